The highest BCUT2D eigenvalue weighted by Gasteiger charge is 2.34. The van der Waals surface area contributed by atoms with Crippen LogP contribution in [-0.2, 0) is 6.42 Å². The first-order valence-electron chi connectivity index (χ1n) is 8.22. The first kappa shape index (κ1) is 16.2. The van der Waals surface area contributed by atoms with Gasteiger partial charge in [-0.3, -0.25) is 0 Å². The molecule has 3 rings (SSSR count). The van der Waals surface area contributed by atoms with E-state index in [2.05, 4.69) is 21.7 Å². The molecular weight excluding hydrogens is 310 g/mol. The number of amides is 2. The molecule has 1 aliphatic rings. The van der Waals surface area contributed by atoms with Crippen LogP contribution in [0.2, 0.25) is 0 Å². The summed E-state index contributed by atoms with van der Waals surface area (Å²) in [6.45, 7) is 0.634. The van der Waals surface area contributed by atoms with Crippen LogP contribution in [0.3, 0.4) is 0 Å². The Balaban J connectivity index is 1.41. The van der Waals surface area contributed by atoms with Gasteiger partial charge in [-0.2, -0.15) is 0 Å². The van der Waals surface area contributed by atoms with Gasteiger partial charge in [-0.05, 0) is 31.4 Å². The summed E-state index contributed by atoms with van der Waals surface area (Å²) in [4.78, 5) is 16.6. The zero-order valence-electron chi connectivity index (χ0n) is 13.2. The number of fused-ring (bicyclic) bond motifs is 1. The lowest BCUT2D eigenvalue weighted by molar-refractivity contribution is 0.163. The molecule has 6 heteroatoms. The third-order valence-electron chi connectivity index (χ3n) is 4.43. The fourth-order valence-corrected chi connectivity index (χ4v) is 4.14. The maximum Gasteiger partial charge on any atom is 0.315 e. The molecule has 1 aromatic heterocycles. The van der Waals surface area contributed by atoms with Crippen molar-refractivity contribution in [1.82, 2.24) is 15.6 Å². The van der Waals surface area contributed by atoms with Crippen molar-refractivity contribution in [2.24, 2.45) is 0 Å². The van der Waals surface area contributed by atoms with E-state index in [1.54, 1.807) is 11.3 Å². The van der Waals surface area contributed by atoms with Crippen LogP contribution in [0.4, 0.5) is 4.79 Å². The van der Waals surface area contributed by atoms with E-state index in [-0.39, 0.29) is 12.6 Å². The number of benzene rings is 1. The minimum absolute atomic E-state index is 0.0200. The topological polar surface area (TPSA) is 74.2 Å². The van der Waals surface area contributed by atoms with E-state index in [0.717, 1.165) is 49.0 Å². The number of aliphatic hydroxyl groups is 1. The third-order valence-corrected chi connectivity index (χ3v) is 5.53. The highest BCUT2D eigenvalue weighted by Crippen LogP contribution is 2.28. The highest BCUT2D eigenvalue weighted by atomic mass is 32.1. The van der Waals surface area contributed by atoms with Gasteiger partial charge in [0, 0.05) is 13.0 Å². The van der Waals surface area contributed by atoms with Crippen molar-refractivity contribution in [2.75, 3.05) is 13.2 Å². The summed E-state index contributed by atoms with van der Waals surface area (Å²) in [6.07, 6.45) is 5.59. The Labute approximate surface area is 140 Å². The predicted molar refractivity (Wildman–Crippen MR) is 92.8 cm³/mol. The largest absolute Gasteiger partial charge is 0.394 e. The van der Waals surface area contributed by atoms with Gasteiger partial charge in [0.2, 0.25) is 0 Å². The standard InChI is InChI=1S/C17H23N3O2S/c21-12-17(9-3-4-10-17)20-16(22)18-11-5-8-15-19-13-6-1-2-7-14(13)23-15/h1-2,6-7,21H,3-5,8-12H2,(H2,18,20,22). The molecule has 1 fully saturated rings. The van der Waals surface area contributed by atoms with Gasteiger partial charge < -0.3 is 15.7 Å². The maximum absolute atomic E-state index is 12.0. The van der Waals surface area contributed by atoms with E-state index in [1.165, 1.54) is 4.70 Å². The first-order chi connectivity index (χ1) is 11.2. The molecule has 3 N–H and O–H groups in total. The smallest absolute Gasteiger partial charge is 0.315 e. The number of urea groups is 1. The van der Waals surface area contributed by atoms with Gasteiger partial charge in [0.05, 0.1) is 27.4 Å². The summed E-state index contributed by atoms with van der Waals surface area (Å²) in [5, 5.41) is 16.5. The van der Waals surface area contributed by atoms with Gasteiger partial charge in [-0.15, -0.1) is 11.3 Å². The normalized spacial score (nSPS) is 16.6. The number of nitrogens with one attached hydrogen (secondary N) is 2. The first-order valence-corrected chi connectivity index (χ1v) is 9.04. The fourth-order valence-electron chi connectivity index (χ4n) is 3.13. The summed E-state index contributed by atoms with van der Waals surface area (Å²) in [7, 11) is 0. The highest BCUT2D eigenvalue weighted by molar-refractivity contribution is 7.18. The Hall–Kier alpha value is -1.66. The number of thiazole rings is 1. The van der Waals surface area contributed by atoms with Crippen LogP contribution < -0.4 is 10.6 Å². The van der Waals surface area contributed by atoms with Gasteiger partial charge in [0.1, 0.15) is 0 Å². The van der Waals surface area contributed by atoms with Crippen molar-refractivity contribution < 1.29 is 9.90 Å². The summed E-state index contributed by atoms with van der Waals surface area (Å²) in [6, 6.07) is 7.95. The van der Waals surface area contributed by atoms with Crippen molar-refractivity contribution in [2.45, 2.75) is 44.1 Å². The molecule has 0 aliphatic heterocycles. The van der Waals surface area contributed by atoms with E-state index in [0.29, 0.717) is 6.54 Å². The van der Waals surface area contributed by atoms with Gasteiger partial charge in [0.25, 0.3) is 0 Å². The zero-order valence-corrected chi connectivity index (χ0v) is 14.0. The van der Waals surface area contributed by atoms with E-state index < -0.39 is 5.54 Å². The number of aromatic nitrogens is 1. The van der Waals surface area contributed by atoms with Crippen LogP contribution in [0, 0.1) is 0 Å². The molecule has 0 atom stereocenters. The lowest BCUT2D eigenvalue weighted by Crippen LogP contribution is -2.53. The lowest BCUT2D eigenvalue weighted by Gasteiger charge is -2.27. The second-order valence-corrected chi connectivity index (χ2v) is 7.32. The number of aliphatic hydroxyl groups excluding tert-OH is 1. The molecule has 1 saturated carbocycles. The molecular formula is C17H23N3O2S. The second-order valence-electron chi connectivity index (χ2n) is 6.21. The summed E-state index contributed by atoms with van der Waals surface area (Å²) in [5.74, 6) is 0. The van der Waals surface area contributed by atoms with E-state index in [9.17, 15) is 9.90 Å². The van der Waals surface area contributed by atoms with Crippen molar-refractivity contribution in [1.29, 1.82) is 0 Å². The molecule has 0 radical (unpaired) electrons. The van der Waals surface area contributed by atoms with Crippen LogP contribution in [0.15, 0.2) is 24.3 Å². The van der Waals surface area contributed by atoms with Crippen molar-refractivity contribution >= 4 is 27.6 Å². The van der Waals surface area contributed by atoms with Crippen LogP contribution in [0.5, 0.6) is 0 Å². The fraction of sp³-hybridized carbons (Fsp3) is 0.529. The molecule has 1 heterocycles. The molecule has 1 aliphatic carbocycles. The van der Waals surface area contributed by atoms with Crippen molar-refractivity contribution in [3.63, 3.8) is 0 Å². The van der Waals surface area contributed by atoms with Gasteiger partial charge in [0.15, 0.2) is 0 Å². The van der Waals surface area contributed by atoms with Gasteiger partial charge in [-0.1, -0.05) is 25.0 Å². The summed E-state index contributed by atoms with van der Waals surface area (Å²) in [5.41, 5.74) is 0.640. The Morgan fingerprint density at radius 3 is 2.83 bits per heavy atom. The quantitative estimate of drug-likeness (QED) is 0.712. The Morgan fingerprint density at radius 1 is 1.30 bits per heavy atom. The number of hydrogen-bond acceptors (Lipinski definition) is 4. The molecule has 0 unspecified atom stereocenters. The molecule has 23 heavy (non-hydrogen) atoms. The predicted octanol–water partition coefficient (Wildman–Crippen LogP) is 2.83. The van der Waals surface area contributed by atoms with Gasteiger partial charge >= 0.3 is 6.03 Å². The SMILES string of the molecule is O=C(NCCCc1nc2ccccc2s1)NC1(CO)CCCC1. The molecule has 0 spiro atoms. The number of para-hydroxylation sites is 1. The molecule has 1 aromatic carbocycles. The van der Waals surface area contributed by atoms with E-state index >= 15 is 0 Å². The average molecular weight is 333 g/mol. The molecule has 2 amide bonds. The Morgan fingerprint density at radius 2 is 2.09 bits per heavy atom. The number of aryl methyl sites for hydroxylation is 1. The van der Waals surface area contributed by atoms with Crippen molar-refractivity contribution in [3.8, 4) is 0 Å². The monoisotopic (exact) mass is 333 g/mol. The van der Waals surface area contributed by atoms with Crippen molar-refractivity contribution in [3.05, 3.63) is 29.3 Å². The summed E-state index contributed by atoms with van der Waals surface area (Å²) < 4.78 is 1.21. The van der Waals surface area contributed by atoms with Crippen LogP contribution in [0.25, 0.3) is 10.2 Å². The number of nitrogens with zero attached hydrogens (tertiary/aromatic N) is 1. The number of hydrogen-bond donors (Lipinski definition) is 3. The number of rotatable bonds is 6. The van der Waals surface area contributed by atoms with Crippen LogP contribution in [-0.4, -0.2) is 34.8 Å². The van der Waals surface area contributed by atoms with Gasteiger partial charge in [-0.25, -0.2) is 9.78 Å². The number of carbonyl (C=O) groups is 1. The molecule has 5 nitrogen and oxygen atoms in total. The van der Waals surface area contributed by atoms with E-state index in [4.69, 9.17) is 0 Å². The Bertz CT molecular complexity index is 632. The average Bonchev–Trinajstić information content (AvgIpc) is 3.18. The molecule has 0 bridgehead atoms. The van der Waals surface area contributed by atoms with Crippen LogP contribution >= 0.6 is 11.3 Å². The molecule has 124 valence electrons. The third kappa shape index (κ3) is 4.00. The molecule has 0 saturated heterocycles. The maximum atomic E-state index is 12.0. The minimum Gasteiger partial charge on any atom is -0.394 e. The van der Waals surface area contributed by atoms with E-state index in [1.807, 2.05) is 18.2 Å². The minimum atomic E-state index is -0.406. The number of carbonyl (C=O) groups excluding carboxylic acids is 1. The Kier molecular flexibility index (Phi) is 5.13. The summed E-state index contributed by atoms with van der Waals surface area (Å²) >= 11 is 1.71. The molecule has 2 aromatic rings. The zero-order chi connectivity index (χ0) is 16.1. The van der Waals surface area contributed by atoms with Crippen LogP contribution in [0.1, 0.15) is 37.1 Å². The second kappa shape index (κ2) is 7.27. The lowest BCUT2D eigenvalue weighted by atomic mass is 9.99.